The van der Waals surface area contributed by atoms with Gasteiger partial charge in [0.15, 0.2) is 17.3 Å². The highest BCUT2D eigenvalue weighted by Gasteiger charge is 2.36. The number of hydrogen-bond donors (Lipinski definition) is 0. The number of ether oxygens (including phenoxy) is 2. The lowest BCUT2D eigenvalue weighted by Gasteiger charge is -2.13. The average Bonchev–Trinajstić information content (AvgIpc) is 3.14. The van der Waals surface area contributed by atoms with E-state index in [1.165, 1.54) is 26.4 Å². The molecule has 1 aliphatic rings. The lowest BCUT2D eigenvalue weighted by atomic mass is 10.0. The summed E-state index contributed by atoms with van der Waals surface area (Å²) >= 11 is 0. The number of carbonyl (C=O) groups is 1. The fraction of sp³-hybridized carbons (Fsp3) is 0.462. The van der Waals surface area contributed by atoms with Crippen LogP contribution < -0.4 is 4.74 Å². The van der Waals surface area contributed by atoms with E-state index in [1.54, 1.807) is 6.07 Å². The molecule has 0 radical (unpaired) electrons. The van der Waals surface area contributed by atoms with E-state index in [9.17, 15) is 9.18 Å². The van der Waals surface area contributed by atoms with Crippen molar-refractivity contribution in [1.82, 2.24) is 0 Å². The Bertz CT molecular complexity index is 427. The van der Waals surface area contributed by atoms with Gasteiger partial charge in [0.2, 0.25) is 0 Å². The smallest absolute Gasteiger partial charge is 0.191 e. The minimum absolute atomic E-state index is 0.141. The highest BCUT2D eigenvalue weighted by atomic mass is 19.1. The van der Waals surface area contributed by atoms with Crippen molar-refractivity contribution >= 4 is 5.78 Å². The van der Waals surface area contributed by atoms with Crippen LogP contribution in [0.2, 0.25) is 0 Å². The molecular formula is C13H15FO3. The van der Waals surface area contributed by atoms with Gasteiger partial charge < -0.3 is 9.47 Å². The maximum Gasteiger partial charge on any atom is 0.191 e. The van der Waals surface area contributed by atoms with Crippen LogP contribution in [0.15, 0.2) is 18.2 Å². The van der Waals surface area contributed by atoms with Gasteiger partial charge in [-0.3, -0.25) is 4.79 Å². The molecule has 0 saturated heterocycles. The maximum absolute atomic E-state index is 13.5. The van der Waals surface area contributed by atoms with Gasteiger partial charge in [0, 0.05) is 12.7 Å². The van der Waals surface area contributed by atoms with Crippen molar-refractivity contribution in [2.45, 2.75) is 18.9 Å². The summed E-state index contributed by atoms with van der Waals surface area (Å²) in [6, 6.07) is 4.23. The first kappa shape index (κ1) is 12.0. The minimum Gasteiger partial charge on any atom is -0.494 e. The first-order chi connectivity index (χ1) is 8.17. The normalized spacial score (nSPS) is 16.6. The van der Waals surface area contributed by atoms with Crippen LogP contribution in [0.4, 0.5) is 4.39 Å². The maximum atomic E-state index is 13.5. The van der Waals surface area contributed by atoms with Crippen LogP contribution >= 0.6 is 0 Å². The van der Waals surface area contributed by atoms with Crippen LogP contribution in [-0.4, -0.2) is 26.1 Å². The molecule has 92 valence electrons. The van der Waals surface area contributed by atoms with Gasteiger partial charge in [-0.1, -0.05) is 0 Å². The molecule has 1 fully saturated rings. The summed E-state index contributed by atoms with van der Waals surface area (Å²) in [7, 11) is 2.91. The van der Waals surface area contributed by atoms with E-state index in [-0.39, 0.29) is 17.5 Å². The molecule has 1 aromatic carbocycles. The standard InChI is InChI=1S/C13H15FO3/c1-16-11-6-5-9(7-10(11)14)12(15)13(17-2)8-3-4-8/h5-8,13H,3-4H2,1-2H3. The SMILES string of the molecule is COc1ccc(C(=O)C(OC)C2CC2)cc1F. The Labute approximate surface area is 99.5 Å². The number of benzene rings is 1. The van der Waals surface area contributed by atoms with E-state index in [0.717, 1.165) is 12.8 Å². The Morgan fingerprint density at radius 3 is 2.59 bits per heavy atom. The first-order valence-electron chi connectivity index (χ1n) is 5.58. The van der Waals surface area contributed by atoms with Crippen LogP contribution in [0.1, 0.15) is 23.2 Å². The molecule has 0 spiro atoms. The highest BCUT2D eigenvalue weighted by Crippen LogP contribution is 2.35. The van der Waals surface area contributed by atoms with Gasteiger partial charge >= 0.3 is 0 Å². The third-order valence-corrected chi connectivity index (χ3v) is 3.00. The Morgan fingerprint density at radius 1 is 1.41 bits per heavy atom. The molecule has 0 amide bonds. The average molecular weight is 238 g/mol. The van der Waals surface area contributed by atoms with Crippen LogP contribution in [0.25, 0.3) is 0 Å². The number of halogens is 1. The van der Waals surface area contributed by atoms with Gasteiger partial charge in [0.1, 0.15) is 6.10 Å². The van der Waals surface area contributed by atoms with Crippen molar-refractivity contribution in [2.24, 2.45) is 5.92 Å². The zero-order valence-electron chi connectivity index (χ0n) is 9.90. The fourth-order valence-corrected chi connectivity index (χ4v) is 1.90. The second-order valence-corrected chi connectivity index (χ2v) is 4.21. The van der Waals surface area contributed by atoms with Gasteiger partial charge in [0.25, 0.3) is 0 Å². The van der Waals surface area contributed by atoms with Gasteiger partial charge in [-0.2, -0.15) is 0 Å². The van der Waals surface area contributed by atoms with Crippen LogP contribution in [0, 0.1) is 11.7 Å². The molecule has 3 nitrogen and oxygen atoms in total. The molecule has 4 heteroatoms. The van der Waals surface area contributed by atoms with Crippen molar-refractivity contribution in [3.63, 3.8) is 0 Å². The molecule has 0 N–H and O–H groups in total. The second kappa shape index (κ2) is 4.84. The molecule has 1 atom stereocenters. The van der Waals surface area contributed by atoms with E-state index < -0.39 is 11.9 Å². The number of rotatable bonds is 5. The Balaban J connectivity index is 2.21. The topological polar surface area (TPSA) is 35.5 Å². The summed E-state index contributed by atoms with van der Waals surface area (Å²) in [4.78, 5) is 12.1. The largest absolute Gasteiger partial charge is 0.494 e. The monoisotopic (exact) mass is 238 g/mol. The molecule has 1 aromatic rings. The lowest BCUT2D eigenvalue weighted by molar-refractivity contribution is 0.0539. The Hall–Kier alpha value is -1.42. The van der Waals surface area contributed by atoms with Crippen molar-refractivity contribution in [2.75, 3.05) is 14.2 Å². The van der Waals surface area contributed by atoms with Gasteiger partial charge in [-0.25, -0.2) is 4.39 Å². The first-order valence-corrected chi connectivity index (χ1v) is 5.58. The summed E-state index contributed by atoms with van der Waals surface area (Å²) in [5.74, 6) is -0.250. The van der Waals surface area contributed by atoms with E-state index in [1.807, 2.05) is 0 Å². The third-order valence-electron chi connectivity index (χ3n) is 3.00. The van der Waals surface area contributed by atoms with Crippen LogP contribution in [0.5, 0.6) is 5.75 Å². The number of ketones is 1. The highest BCUT2D eigenvalue weighted by molar-refractivity contribution is 6.00. The van der Waals surface area contributed by atoms with E-state index >= 15 is 0 Å². The lowest BCUT2D eigenvalue weighted by Crippen LogP contribution is -2.25. The van der Waals surface area contributed by atoms with E-state index in [4.69, 9.17) is 9.47 Å². The number of carbonyl (C=O) groups excluding carboxylic acids is 1. The summed E-state index contributed by atoms with van der Waals surface area (Å²) in [5.41, 5.74) is 0.335. The van der Waals surface area contributed by atoms with Crippen molar-refractivity contribution in [3.05, 3.63) is 29.6 Å². The third kappa shape index (κ3) is 2.47. The van der Waals surface area contributed by atoms with Gasteiger partial charge in [-0.15, -0.1) is 0 Å². The summed E-state index contributed by atoms with van der Waals surface area (Å²) in [6.45, 7) is 0. The molecule has 0 bridgehead atoms. The number of hydrogen-bond acceptors (Lipinski definition) is 3. The van der Waals surface area contributed by atoms with Crippen LogP contribution in [-0.2, 0) is 4.74 Å². The molecule has 1 saturated carbocycles. The van der Waals surface area contributed by atoms with Crippen molar-refractivity contribution < 1.29 is 18.7 Å². The summed E-state index contributed by atoms with van der Waals surface area (Å²) in [5, 5.41) is 0. The van der Waals surface area contributed by atoms with Crippen LogP contribution in [0.3, 0.4) is 0 Å². The Kier molecular flexibility index (Phi) is 3.43. The minimum atomic E-state index is -0.524. The van der Waals surface area contributed by atoms with Crippen molar-refractivity contribution in [3.8, 4) is 5.75 Å². The molecule has 17 heavy (non-hydrogen) atoms. The predicted molar refractivity (Wildman–Crippen MR) is 60.8 cm³/mol. The van der Waals surface area contributed by atoms with Gasteiger partial charge in [0.05, 0.1) is 7.11 Å². The zero-order valence-corrected chi connectivity index (χ0v) is 9.90. The van der Waals surface area contributed by atoms with E-state index in [0.29, 0.717) is 5.56 Å². The number of methoxy groups -OCH3 is 2. The van der Waals surface area contributed by atoms with Crippen molar-refractivity contribution in [1.29, 1.82) is 0 Å². The fourth-order valence-electron chi connectivity index (χ4n) is 1.90. The molecule has 0 aliphatic heterocycles. The quantitative estimate of drug-likeness (QED) is 0.739. The molecule has 0 heterocycles. The van der Waals surface area contributed by atoms with Gasteiger partial charge in [-0.05, 0) is 37.0 Å². The molecule has 2 rings (SSSR count). The summed E-state index contributed by atoms with van der Waals surface area (Å²) < 4.78 is 23.5. The molecule has 1 aliphatic carbocycles. The molecule has 0 aromatic heterocycles. The molecule has 1 unspecified atom stereocenters. The molecular weight excluding hydrogens is 223 g/mol. The predicted octanol–water partition coefficient (Wildman–Crippen LogP) is 2.44. The number of Topliss-reactive ketones (excluding diaryl/α,β-unsaturated/α-hetero) is 1. The van der Waals surface area contributed by atoms with E-state index in [2.05, 4.69) is 0 Å². The second-order valence-electron chi connectivity index (χ2n) is 4.21. The Morgan fingerprint density at radius 2 is 2.12 bits per heavy atom. The summed E-state index contributed by atoms with van der Waals surface area (Å²) in [6.07, 6.45) is 1.56. The zero-order chi connectivity index (χ0) is 12.4.